The lowest BCUT2D eigenvalue weighted by Crippen LogP contribution is -2.47. The number of carbonyl (C=O) groups is 2. The van der Waals surface area contributed by atoms with Gasteiger partial charge in [0, 0.05) is 10.9 Å². The first-order valence-corrected chi connectivity index (χ1v) is 6.56. The molecule has 0 spiro atoms. The van der Waals surface area contributed by atoms with Crippen molar-refractivity contribution in [3.63, 3.8) is 0 Å². The van der Waals surface area contributed by atoms with E-state index in [0.29, 0.717) is 10.0 Å². The molecule has 0 aliphatic rings. The smallest absolute Gasteiger partial charge is 0.326 e. The van der Waals surface area contributed by atoms with E-state index in [1.165, 1.54) is 12.1 Å². The summed E-state index contributed by atoms with van der Waals surface area (Å²) in [6.45, 7) is 3.76. The number of nitrogens with one attached hydrogen (secondary N) is 2. The molecule has 20 heavy (non-hydrogen) atoms. The predicted octanol–water partition coefficient (Wildman–Crippen LogP) is 1.60. The van der Waals surface area contributed by atoms with Gasteiger partial charge in [-0.3, -0.25) is 0 Å². The van der Waals surface area contributed by atoms with Gasteiger partial charge in [0.05, 0.1) is 6.54 Å². The Balaban J connectivity index is 2.60. The highest BCUT2D eigenvalue weighted by Crippen LogP contribution is 2.11. The van der Waals surface area contributed by atoms with E-state index in [1.54, 1.807) is 12.1 Å². The molecule has 0 aliphatic carbocycles. The highest BCUT2D eigenvalue weighted by atomic mass is 79.9. The van der Waals surface area contributed by atoms with Crippen molar-refractivity contribution < 1.29 is 19.8 Å². The predicted molar refractivity (Wildman–Crippen MR) is 77.8 cm³/mol. The third kappa shape index (κ3) is 5.75. The van der Waals surface area contributed by atoms with Gasteiger partial charge in [0.2, 0.25) is 0 Å². The maximum absolute atomic E-state index is 11.5. The normalized spacial score (nSPS) is 11.4. The van der Waals surface area contributed by atoms with Crippen molar-refractivity contribution in [2.45, 2.75) is 12.5 Å². The van der Waals surface area contributed by atoms with Gasteiger partial charge in [0.1, 0.15) is 11.8 Å². The Hall–Kier alpha value is -2.02. The van der Waals surface area contributed by atoms with Gasteiger partial charge in [-0.05, 0) is 17.7 Å². The lowest BCUT2D eigenvalue weighted by atomic mass is 10.1. The van der Waals surface area contributed by atoms with Gasteiger partial charge in [-0.15, -0.1) is 0 Å². The zero-order valence-electron chi connectivity index (χ0n) is 10.6. The van der Waals surface area contributed by atoms with Gasteiger partial charge in [-0.25, -0.2) is 9.59 Å². The summed E-state index contributed by atoms with van der Waals surface area (Å²) in [7, 11) is 0. The summed E-state index contributed by atoms with van der Waals surface area (Å²) >= 11 is 3.08. The van der Waals surface area contributed by atoms with E-state index in [4.69, 9.17) is 10.2 Å². The molecule has 6 nitrogen and oxygen atoms in total. The molecule has 0 aliphatic heterocycles. The van der Waals surface area contributed by atoms with Crippen LogP contribution in [0.5, 0.6) is 5.75 Å². The Bertz CT molecular complexity index is 502. The molecule has 1 rings (SSSR count). The highest BCUT2D eigenvalue weighted by molar-refractivity contribution is 9.11. The number of urea groups is 1. The van der Waals surface area contributed by atoms with Crippen LogP contribution in [0.25, 0.3) is 0 Å². The van der Waals surface area contributed by atoms with E-state index in [0.717, 1.165) is 0 Å². The average Bonchev–Trinajstić information content (AvgIpc) is 2.38. The van der Waals surface area contributed by atoms with Crippen molar-refractivity contribution in [3.8, 4) is 5.75 Å². The van der Waals surface area contributed by atoms with E-state index in [1.807, 2.05) is 0 Å². The molecule has 4 N–H and O–H groups in total. The molecule has 1 atom stereocenters. The van der Waals surface area contributed by atoms with Gasteiger partial charge in [0.15, 0.2) is 0 Å². The second-order valence-electron chi connectivity index (χ2n) is 4.11. The summed E-state index contributed by atoms with van der Waals surface area (Å²) in [6.07, 6.45) is 0.123. The van der Waals surface area contributed by atoms with Gasteiger partial charge >= 0.3 is 12.0 Å². The SMILES string of the molecule is C=C(Br)CNC(=O)N[C@H](Cc1ccc(O)cc1)C(=O)O. The number of hydrogen-bond donors (Lipinski definition) is 4. The molecular formula is C13H15BrN2O4. The van der Waals surface area contributed by atoms with Crippen molar-refractivity contribution in [1.29, 1.82) is 0 Å². The Morgan fingerprint density at radius 1 is 1.30 bits per heavy atom. The molecule has 0 saturated carbocycles. The van der Waals surface area contributed by atoms with E-state index in [2.05, 4.69) is 33.1 Å². The number of carboxylic acids is 1. The van der Waals surface area contributed by atoms with E-state index < -0.39 is 18.0 Å². The number of rotatable bonds is 6. The molecule has 0 radical (unpaired) electrons. The van der Waals surface area contributed by atoms with Crippen LogP contribution in [0.15, 0.2) is 35.3 Å². The lowest BCUT2D eigenvalue weighted by Gasteiger charge is -2.15. The topological polar surface area (TPSA) is 98.7 Å². The third-order valence-electron chi connectivity index (χ3n) is 2.42. The van der Waals surface area contributed by atoms with E-state index in [-0.39, 0.29) is 18.7 Å². The molecule has 1 aromatic carbocycles. The Morgan fingerprint density at radius 2 is 1.90 bits per heavy atom. The van der Waals surface area contributed by atoms with Crippen molar-refractivity contribution in [2.24, 2.45) is 0 Å². The van der Waals surface area contributed by atoms with Gasteiger partial charge < -0.3 is 20.8 Å². The number of carbonyl (C=O) groups excluding carboxylic acids is 1. The van der Waals surface area contributed by atoms with Crippen LogP contribution in [-0.4, -0.2) is 34.8 Å². The Labute approximate surface area is 124 Å². The summed E-state index contributed by atoms with van der Waals surface area (Å²) < 4.78 is 0.582. The molecule has 108 valence electrons. The van der Waals surface area contributed by atoms with Crippen LogP contribution in [0.2, 0.25) is 0 Å². The molecular weight excluding hydrogens is 328 g/mol. The van der Waals surface area contributed by atoms with Gasteiger partial charge in [0.25, 0.3) is 0 Å². The van der Waals surface area contributed by atoms with Crippen LogP contribution < -0.4 is 10.6 Å². The second-order valence-corrected chi connectivity index (χ2v) is 5.23. The van der Waals surface area contributed by atoms with Crippen LogP contribution in [-0.2, 0) is 11.2 Å². The number of halogens is 1. The number of phenols is 1. The fourth-order valence-electron chi connectivity index (χ4n) is 1.45. The minimum Gasteiger partial charge on any atom is -0.508 e. The van der Waals surface area contributed by atoms with Gasteiger partial charge in [-0.2, -0.15) is 0 Å². The third-order valence-corrected chi connectivity index (χ3v) is 2.70. The number of aromatic hydroxyl groups is 1. The van der Waals surface area contributed by atoms with Crippen molar-refractivity contribution in [3.05, 3.63) is 40.9 Å². The molecule has 0 aromatic heterocycles. The molecule has 1 aromatic rings. The zero-order valence-corrected chi connectivity index (χ0v) is 12.2. The molecule has 7 heteroatoms. The van der Waals surface area contributed by atoms with Crippen LogP contribution in [0.3, 0.4) is 0 Å². The molecule has 0 unspecified atom stereocenters. The Kier molecular flexibility index (Phi) is 6.05. The lowest BCUT2D eigenvalue weighted by molar-refractivity contribution is -0.139. The molecule has 0 saturated heterocycles. The molecule has 0 bridgehead atoms. The number of benzene rings is 1. The second kappa shape index (κ2) is 7.54. The summed E-state index contributed by atoms with van der Waals surface area (Å²) in [5, 5.41) is 23.1. The number of hydrogen-bond acceptors (Lipinski definition) is 3. The summed E-state index contributed by atoms with van der Waals surface area (Å²) in [5.74, 6) is -1.03. The molecule has 0 heterocycles. The zero-order chi connectivity index (χ0) is 15.1. The fraction of sp³-hybridized carbons (Fsp3) is 0.231. The van der Waals surface area contributed by atoms with Crippen molar-refractivity contribution in [1.82, 2.24) is 10.6 Å². The number of amides is 2. The van der Waals surface area contributed by atoms with Crippen molar-refractivity contribution >= 4 is 27.9 Å². The summed E-state index contributed by atoms with van der Waals surface area (Å²) in [5.41, 5.74) is 0.695. The van der Waals surface area contributed by atoms with Crippen LogP contribution >= 0.6 is 15.9 Å². The first-order chi connectivity index (χ1) is 9.38. The molecule has 2 amide bonds. The van der Waals surface area contributed by atoms with Crippen molar-refractivity contribution in [2.75, 3.05) is 6.54 Å². The Morgan fingerprint density at radius 3 is 2.40 bits per heavy atom. The fourth-order valence-corrected chi connectivity index (χ4v) is 1.59. The summed E-state index contributed by atoms with van der Waals surface area (Å²) in [4.78, 5) is 22.6. The maximum atomic E-state index is 11.5. The average molecular weight is 343 g/mol. The van der Waals surface area contributed by atoms with Crippen LogP contribution in [0.1, 0.15) is 5.56 Å². The number of carboxylic acid groups (broad SMARTS) is 1. The largest absolute Gasteiger partial charge is 0.508 e. The first kappa shape index (κ1) is 16.0. The first-order valence-electron chi connectivity index (χ1n) is 5.77. The van der Waals surface area contributed by atoms with E-state index in [9.17, 15) is 9.59 Å². The van der Waals surface area contributed by atoms with Crippen LogP contribution in [0, 0.1) is 0 Å². The van der Waals surface area contributed by atoms with Gasteiger partial charge in [-0.1, -0.05) is 34.6 Å². The highest BCUT2D eigenvalue weighted by Gasteiger charge is 2.20. The standard InChI is InChI=1S/C13H15BrN2O4/c1-8(14)7-15-13(20)16-11(12(18)19)6-9-2-4-10(17)5-3-9/h2-5,11,17H,1,6-7H2,(H,18,19)(H2,15,16,20)/t11-/m1/s1. The van der Waals surface area contributed by atoms with E-state index >= 15 is 0 Å². The quantitative estimate of drug-likeness (QED) is 0.630. The maximum Gasteiger partial charge on any atom is 0.326 e. The monoisotopic (exact) mass is 342 g/mol. The van der Waals surface area contributed by atoms with Crippen LogP contribution in [0.4, 0.5) is 4.79 Å². The minimum absolute atomic E-state index is 0.0992. The summed E-state index contributed by atoms with van der Waals surface area (Å²) in [6, 6.07) is 4.49. The number of aliphatic carboxylic acids is 1. The number of phenolic OH excluding ortho intramolecular Hbond substituents is 1. The minimum atomic E-state index is -1.13. The molecule has 0 fully saturated rings.